The van der Waals surface area contributed by atoms with Crippen molar-refractivity contribution in [2.45, 2.75) is 63.9 Å². The smallest absolute Gasteiger partial charge is 0.243 e. The third kappa shape index (κ3) is 4.19. The minimum absolute atomic E-state index is 0.0359. The van der Waals surface area contributed by atoms with Gasteiger partial charge in [0.05, 0.1) is 6.10 Å². The van der Waals surface area contributed by atoms with Crippen molar-refractivity contribution in [3.8, 4) is 0 Å². The van der Waals surface area contributed by atoms with Gasteiger partial charge in [-0.25, -0.2) is 0 Å². The molecule has 2 aliphatic carbocycles. The van der Waals surface area contributed by atoms with Gasteiger partial charge in [0.1, 0.15) is 0 Å². The van der Waals surface area contributed by atoms with E-state index in [1.54, 1.807) is 13.0 Å². The zero-order valence-electron chi connectivity index (χ0n) is 13.6. The van der Waals surface area contributed by atoms with E-state index in [9.17, 15) is 9.90 Å². The highest BCUT2D eigenvalue weighted by molar-refractivity contribution is 5.88. The van der Waals surface area contributed by atoms with Gasteiger partial charge < -0.3 is 14.9 Å². The summed E-state index contributed by atoms with van der Waals surface area (Å²) in [5.41, 5.74) is 1.25. The van der Waals surface area contributed by atoms with Gasteiger partial charge in [-0.1, -0.05) is 17.2 Å². The number of aromatic nitrogens is 2. The van der Waals surface area contributed by atoms with Gasteiger partial charge in [0.2, 0.25) is 11.8 Å². The second kappa shape index (κ2) is 7.25. The fourth-order valence-corrected chi connectivity index (χ4v) is 3.62. The highest BCUT2D eigenvalue weighted by atomic mass is 16.5. The molecule has 0 spiro atoms. The van der Waals surface area contributed by atoms with Crippen molar-refractivity contribution in [1.82, 2.24) is 15.5 Å². The van der Waals surface area contributed by atoms with E-state index >= 15 is 0 Å². The van der Waals surface area contributed by atoms with Crippen molar-refractivity contribution < 1.29 is 14.4 Å². The van der Waals surface area contributed by atoms with E-state index in [1.807, 2.05) is 0 Å². The number of aliphatic hydroxyl groups is 1. The molecule has 6 nitrogen and oxygen atoms in total. The molecule has 0 aliphatic heterocycles. The van der Waals surface area contributed by atoms with E-state index in [1.165, 1.54) is 24.8 Å². The molecule has 0 bridgehead atoms. The summed E-state index contributed by atoms with van der Waals surface area (Å²) in [6, 6.07) is 0. The van der Waals surface area contributed by atoms with Crippen LogP contribution < -0.4 is 5.32 Å². The molecule has 0 saturated heterocycles. The number of aryl methyl sites for hydroxylation is 1. The maximum atomic E-state index is 12.0. The van der Waals surface area contributed by atoms with Gasteiger partial charge in [0.15, 0.2) is 5.82 Å². The van der Waals surface area contributed by atoms with Crippen LogP contribution in [0.25, 0.3) is 0 Å². The predicted octanol–water partition coefficient (Wildman–Crippen LogP) is 2.24. The lowest BCUT2D eigenvalue weighted by Gasteiger charge is -2.16. The first-order chi connectivity index (χ1) is 11.1. The van der Waals surface area contributed by atoms with Crippen LogP contribution in [-0.2, 0) is 4.79 Å². The van der Waals surface area contributed by atoms with Crippen molar-refractivity contribution in [3.63, 3.8) is 0 Å². The summed E-state index contributed by atoms with van der Waals surface area (Å²) in [5.74, 6) is 1.31. The Labute approximate surface area is 136 Å². The quantitative estimate of drug-likeness (QED) is 0.831. The normalized spacial score (nSPS) is 27.9. The van der Waals surface area contributed by atoms with Crippen LogP contribution in [0.2, 0.25) is 0 Å². The lowest BCUT2D eigenvalue weighted by Crippen LogP contribution is -2.31. The van der Waals surface area contributed by atoms with E-state index in [-0.39, 0.29) is 17.7 Å². The van der Waals surface area contributed by atoms with Crippen molar-refractivity contribution in [2.75, 3.05) is 6.54 Å². The van der Waals surface area contributed by atoms with E-state index in [0.29, 0.717) is 24.7 Å². The molecule has 6 heteroatoms. The van der Waals surface area contributed by atoms with Gasteiger partial charge in [-0.05, 0) is 45.4 Å². The third-order valence-corrected chi connectivity index (χ3v) is 4.92. The highest BCUT2D eigenvalue weighted by Crippen LogP contribution is 2.37. The van der Waals surface area contributed by atoms with Gasteiger partial charge in [-0.3, -0.25) is 4.79 Å². The average molecular weight is 319 g/mol. The number of carbonyl (C=O) groups is 1. The molecule has 126 valence electrons. The van der Waals surface area contributed by atoms with Crippen LogP contribution in [0, 0.1) is 12.8 Å². The predicted molar refractivity (Wildman–Crippen MR) is 84.7 cm³/mol. The summed E-state index contributed by atoms with van der Waals surface area (Å²) in [5, 5.41) is 16.9. The molecular weight excluding hydrogens is 294 g/mol. The number of carbonyl (C=O) groups excluding carboxylic acids is 1. The summed E-state index contributed by atoms with van der Waals surface area (Å²) in [6.07, 6.45) is 8.41. The summed E-state index contributed by atoms with van der Waals surface area (Å²) >= 11 is 0. The lowest BCUT2D eigenvalue weighted by molar-refractivity contribution is -0.116. The summed E-state index contributed by atoms with van der Waals surface area (Å²) < 4.78 is 5.20. The summed E-state index contributed by atoms with van der Waals surface area (Å²) in [4.78, 5) is 16.3. The van der Waals surface area contributed by atoms with Crippen molar-refractivity contribution in [2.24, 2.45) is 5.92 Å². The van der Waals surface area contributed by atoms with Crippen LogP contribution in [0.3, 0.4) is 0 Å². The Bertz CT molecular complexity index is 573. The van der Waals surface area contributed by atoms with Gasteiger partial charge in [0, 0.05) is 24.5 Å². The number of aliphatic hydroxyl groups excluding tert-OH is 1. The third-order valence-electron chi connectivity index (χ3n) is 4.92. The molecule has 3 atom stereocenters. The Morgan fingerprint density at radius 2 is 2.13 bits per heavy atom. The van der Waals surface area contributed by atoms with Crippen molar-refractivity contribution in [3.05, 3.63) is 23.4 Å². The Hall–Kier alpha value is -1.69. The topological polar surface area (TPSA) is 88.2 Å². The molecule has 1 aromatic rings. The Balaban J connectivity index is 1.49. The fraction of sp³-hybridized carbons (Fsp3) is 0.706. The largest absolute Gasteiger partial charge is 0.393 e. The molecular formula is C17H25N3O3. The van der Waals surface area contributed by atoms with Gasteiger partial charge in [-0.15, -0.1) is 0 Å². The number of allylic oxidation sites excluding steroid dienone is 1. The molecule has 2 aliphatic rings. The number of nitrogens with zero attached hydrogens (tertiary/aromatic N) is 2. The van der Waals surface area contributed by atoms with Gasteiger partial charge in [-0.2, -0.15) is 4.98 Å². The molecule has 2 N–H and O–H groups in total. The highest BCUT2D eigenvalue weighted by Gasteiger charge is 2.36. The molecule has 23 heavy (non-hydrogen) atoms. The van der Waals surface area contributed by atoms with Gasteiger partial charge >= 0.3 is 0 Å². The first kappa shape index (κ1) is 16.2. The average Bonchev–Trinajstić information content (AvgIpc) is 3.12. The first-order valence-corrected chi connectivity index (χ1v) is 8.57. The van der Waals surface area contributed by atoms with E-state index in [0.717, 1.165) is 19.3 Å². The van der Waals surface area contributed by atoms with Crippen LogP contribution in [-0.4, -0.2) is 33.8 Å². The second-order valence-corrected chi connectivity index (χ2v) is 6.78. The standard InChI is InChI=1S/C17H25N3O3/c1-11-19-17(23-20-11)13-8-14(15(21)9-13)10-18-16(22)7-12-5-3-2-4-6-12/h7,13-15,21H,2-6,8-10H2,1H3,(H,18,22)/t13-,14+,15+/m0/s1. The van der Waals surface area contributed by atoms with Crippen LogP contribution in [0.15, 0.2) is 16.2 Å². The van der Waals surface area contributed by atoms with Crippen LogP contribution in [0.4, 0.5) is 0 Å². The molecule has 0 unspecified atom stereocenters. The number of rotatable bonds is 4. The Kier molecular flexibility index (Phi) is 5.10. The molecule has 1 heterocycles. The molecule has 1 amide bonds. The van der Waals surface area contributed by atoms with E-state index < -0.39 is 6.10 Å². The maximum absolute atomic E-state index is 12.0. The molecule has 0 radical (unpaired) electrons. The molecule has 2 fully saturated rings. The Morgan fingerprint density at radius 1 is 1.35 bits per heavy atom. The number of nitrogens with one attached hydrogen (secondary N) is 1. The van der Waals surface area contributed by atoms with E-state index in [2.05, 4.69) is 15.5 Å². The summed E-state index contributed by atoms with van der Waals surface area (Å²) in [6.45, 7) is 2.28. The number of amides is 1. The molecule has 3 rings (SSSR count). The zero-order valence-corrected chi connectivity index (χ0v) is 13.6. The molecule has 2 saturated carbocycles. The van der Waals surface area contributed by atoms with E-state index in [4.69, 9.17) is 4.52 Å². The van der Waals surface area contributed by atoms with Gasteiger partial charge in [0.25, 0.3) is 0 Å². The first-order valence-electron chi connectivity index (χ1n) is 8.57. The van der Waals surface area contributed by atoms with Crippen LogP contribution in [0.1, 0.15) is 62.6 Å². The number of hydrogen-bond donors (Lipinski definition) is 2. The van der Waals surface area contributed by atoms with Crippen LogP contribution in [0.5, 0.6) is 0 Å². The summed E-state index contributed by atoms with van der Waals surface area (Å²) in [7, 11) is 0. The number of hydrogen-bond acceptors (Lipinski definition) is 5. The van der Waals surface area contributed by atoms with Crippen molar-refractivity contribution in [1.29, 1.82) is 0 Å². The molecule has 0 aromatic carbocycles. The van der Waals surface area contributed by atoms with Crippen LogP contribution >= 0.6 is 0 Å². The zero-order chi connectivity index (χ0) is 16.2. The minimum atomic E-state index is -0.435. The SMILES string of the molecule is Cc1noc([C@H]2C[C@H](CNC(=O)C=C3CCCCC3)[C@H](O)C2)n1. The molecule has 1 aromatic heterocycles. The lowest BCUT2D eigenvalue weighted by atomic mass is 9.94. The maximum Gasteiger partial charge on any atom is 0.243 e. The van der Waals surface area contributed by atoms with Crippen molar-refractivity contribution >= 4 is 5.91 Å². The second-order valence-electron chi connectivity index (χ2n) is 6.78. The fourth-order valence-electron chi connectivity index (χ4n) is 3.62. The Morgan fingerprint density at radius 3 is 2.83 bits per heavy atom. The minimum Gasteiger partial charge on any atom is -0.393 e. The monoisotopic (exact) mass is 319 g/mol.